The third kappa shape index (κ3) is 4.97. The van der Waals surface area contributed by atoms with Crippen LogP contribution in [0.2, 0.25) is 0 Å². The van der Waals surface area contributed by atoms with Gasteiger partial charge < -0.3 is 14.5 Å². The highest BCUT2D eigenvalue weighted by atomic mass is 16.5. The summed E-state index contributed by atoms with van der Waals surface area (Å²) < 4.78 is 11.1. The molecule has 0 atom stereocenters. The maximum absolute atomic E-state index is 12.2. The minimum Gasteiger partial charge on any atom is -0.484 e. The summed E-state index contributed by atoms with van der Waals surface area (Å²) in [7, 11) is 0. The lowest BCUT2D eigenvalue weighted by Crippen LogP contribution is -2.20. The topological polar surface area (TPSA) is 93.5 Å². The molecule has 7 heteroatoms. The second-order valence-electron chi connectivity index (χ2n) is 7.62. The molecule has 7 nitrogen and oxygen atoms in total. The van der Waals surface area contributed by atoms with E-state index >= 15 is 0 Å². The SMILES string of the molecule is CC(=O)Nc1ccc2nc(NC(=O)COc3ccc(C4CCCCC4)cc3)oc2c1. The molecule has 3 aromatic rings. The number of hydrogen-bond acceptors (Lipinski definition) is 5. The van der Waals surface area contributed by atoms with Crippen LogP contribution in [0.1, 0.15) is 50.5 Å². The fraction of sp³-hybridized carbons (Fsp3) is 0.348. The van der Waals surface area contributed by atoms with Crippen molar-refractivity contribution < 1.29 is 18.7 Å². The lowest BCUT2D eigenvalue weighted by molar-refractivity contribution is -0.118. The van der Waals surface area contributed by atoms with Gasteiger partial charge in [0.05, 0.1) is 0 Å². The van der Waals surface area contributed by atoms with Gasteiger partial charge in [0.2, 0.25) is 5.91 Å². The largest absolute Gasteiger partial charge is 0.484 e. The fourth-order valence-corrected chi connectivity index (χ4v) is 3.84. The van der Waals surface area contributed by atoms with Gasteiger partial charge in [0, 0.05) is 18.7 Å². The molecule has 2 amide bonds. The molecular weight excluding hydrogens is 382 g/mol. The lowest BCUT2D eigenvalue weighted by Gasteiger charge is -2.22. The maximum atomic E-state index is 12.2. The summed E-state index contributed by atoms with van der Waals surface area (Å²) >= 11 is 0. The number of oxazole rings is 1. The number of anilines is 2. The molecule has 0 radical (unpaired) electrons. The van der Waals surface area contributed by atoms with Gasteiger partial charge in [0.1, 0.15) is 11.3 Å². The van der Waals surface area contributed by atoms with Crippen LogP contribution in [-0.2, 0) is 9.59 Å². The number of nitrogens with zero attached hydrogens (tertiary/aromatic N) is 1. The molecule has 1 fully saturated rings. The Morgan fingerprint density at radius 1 is 1.07 bits per heavy atom. The highest BCUT2D eigenvalue weighted by Gasteiger charge is 2.15. The molecule has 0 unspecified atom stereocenters. The number of nitrogens with one attached hydrogen (secondary N) is 2. The van der Waals surface area contributed by atoms with Crippen molar-refractivity contribution in [3.63, 3.8) is 0 Å². The monoisotopic (exact) mass is 407 g/mol. The van der Waals surface area contributed by atoms with Crippen LogP contribution in [0.15, 0.2) is 46.9 Å². The molecule has 1 aromatic heterocycles. The van der Waals surface area contributed by atoms with Crippen molar-refractivity contribution in [1.82, 2.24) is 4.98 Å². The van der Waals surface area contributed by atoms with Gasteiger partial charge in [-0.15, -0.1) is 0 Å². The van der Waals surface area contributed by atoms with Crippen molar-refractivity contribution in [3.8, 4) is 5.75 Å². The van der Waals surface area contributed by atoms with Crippen LogP contribution in [0.5, 0.6) is 5.75 Å². The number of hydrogen-bond donors (Lipinski definition) is 2. The lowest BCUT2D eigenvalue weighted by atomic mass is 9.84. The number of ether oxygens (including phenoxy) is 1. The Kier molecular flexibility index (Phi) is 5.97. The van der Waals surface area contributed by atoms with E-state index in [0.29, 0.717) is 28.5 Å². The van der Waals surface area contributed by atoms with Crippen LogP contribution in [0.3, 0.4) is 0 Å². The Morgan fingerprint density at radius 3 is 2.57 bits per heavy atom. The highest BCUT2D eigenvalue weighted by Crippen LogP contribution is 2.33. The average Bonchev–Trinajstić information content (AvgIpc) is 3.14. The van der Waals surface area contributed by atoms with Gasteiger partial charge in [0.25, 0.3) is 5.91 Å². The molecule has 0 saturated heterocycles. The molecule has 2 aromatic carbocycles. The van der Waals surface area contributed by atoms with Gasteiger partial charge in [-0.1, -0.05) is 31.4 Å². The number of carbonyl (C=O) groups is 2. The van der Waals surface area contributed by atoms with Gasteiger partial charge >= 0.3 is 6.01 Å². The van der Waals surface area contributed by atoms with Crippen molar-refractivity contribution in [2.75, 3.05) is 17.2 Å². The third-order valence-electron chi connectivity index (χ3n) is 5.28. The van der Waals surface area contributed by atoms with E-state index < -0.39 is 0 Å². The van der Waals surface area contributed by atoms with E-state index in [2.05, 4.69) is 27.8 Å². The minimum atomic E-state index is -0.361. The van der Waals surface area contributed by atoms with E-state index in [4.69, 9.17) is 9.15 Å². The Hall–Kier alpha value is -3.35. The van der Waals surface area contributed by atoms with Crippen LogP contribution >= 0.6 is 0 Å². The van der Waals surface area contributed by atoms with Crippen LogP contribution in [0.4, 0.5) is 11.7 Å². The molecule has 1 heterocycles. The number of aromatic nitrogens is 1. The molecule has 4 rings (SSSR count). The van der Waals surface area contributed by atoms with Crippen molar-refractivity contribution in [1.29, 1.82) is 0 Å². The second kappa shape index (κ2) is 8.98. The molecule has 0 bridgehead atoms. The van der Waals surface area contributed by atoms with Gasteiger partial charge in [-0.05, 0) is 48.6 Å². The van der Waals surface area contributed by atoms with Gasteiger partial charge in [-0.25, -0.2) is 0 Å². The zero-order valence-corrected chi connectivity index (χ0v) is 16.9. The molecule has 1 aliphatic rings. The van der Waals surface area contributed by atoms with E-state index in [1.54, 1.807) is 18.2 Å². The Labute approximate surface area is 174 Å². The third-order valence-corrected chi connectivity index (χ3v) is 5.28. The van der Waals surface area contributed by atoms with Crippen molar-refractivity contribution in [3.05, 3.63) is 48.0 Å². The number of amides is 2. The summed E-state index contributed by atoms with van der Waals surface area (Å²) in [6, 6.07) is 13.2. The summed E-state index contributed by atoms with van der Waals surface area (Å²) in [5.41, 5.74) is 3.00. The summed E-state index contributed by atoms with van der Waals surface area (Å²) in [5, 5.41) is 5.27. The zero-order valence-electron chi connectivity index (χ0n) is 16.9. The van der Waals surface area contributed by atoms with E-state index in [1.165, 1.54) is 44.6 Å². The Bertz CT molecular complexity index is 1040. The Morgan fingerprint density at radius 2 is 1.83 bits per heavy atom. The van der Waals surface area contributed by atoms with Gasteiger partial charge in [0.15, 0.2) is 12.2 Å². The minimum absolute atomic E-state index is 0.0891. The zero-order chi connectivity index (χ0) is 20.9. The van der Waals surface area contributed by atoms with Crippen molar-refractivity contribution in [2.45, 2.75) is 44.9 Å². The summed E-state index contributed by atoms with van der Waals surface area (Å²) in [4.78, 5) is 27.6. The first-order chi connectivity index (χ1) is 14.6. The van der Waals surface area contributed by atoms with Gasteiger partial charge in [-0.3, -0.25) is 14.9 Å². The fourth-order valence-electron chi connectivity index (χ4n) is 3.84. The first-order valence-electron chi connectivity index (χ1n) is 10.3. The second-order valence-corrected chi connectivity index (χ2v) is 7.62. The molecule has 1 saturated carbocycles. The summed E-state index contributed by atoms with van der Waals surface area (Å²) in [6.45, 7) is 1.29. The quantitative estimate of drug-likeness (QED) is 0.609. The molecule has 2 N–H and O–H groups in total. The summed E-state index contributed by atoms with van der Waals surface area (Å²) in [6.07, 6.45) is 6.43. The van der Waals surface area contributed by atoms with Crippen molar-refractivity contribution in [2.24, 2.45) is 0 Å². The number of carbonyl (C=O) groups excluding carboxylic acids is 2. The van der Waals surface area contributed by atoms with Gasteiger partial charge in [-0.2, -0.15) is 4.98 Å². The van der Waals surface area contributed by atoms with E-state index in [-0.39, 0.29) is 24.4 Å². The normalized spacial score (nSPS) is 14.4. The maximum Gasteiger partial charge on any atom is 0.302 e. The molecule has 1 aliphatic carbocycles. The predicted octanol–water partition coefficient (Wildman–Crippen LogP) is 4.85. The number of fused-ring (bicyclic) bond motifs is 1. The van der Waals surface area contributed by atoms with Crippen LogP contribution < -0.4 is 15.4 Å². The van der Waals surface area contributed by atoms with Crippen LogP contribution in [0.25, 0.3) is 11.1 Å². The molecule has 30 heavy (non-hydrogen) atoms. The van der Waals surface area contributed by atoms with Crippen molar-refractivity contribution >= 4 is 34.6 Å². The summed E-state index contributed by atoms with van der Waals surface area (Å²) in [5.74, 6) is 0.759. The van der Waals surface area contributed by atoms with E-state index in [0.717, 1.165) is 0 Å². The number of benzene rings is 2. The molecule has 0 aliphatic heterocycles. The van der Waals surface area contributed by atoms with Crippen LogP contribution in [0, 0.1) is 0 Å². The number of rotatable bonds is 6. The predicted molar refractivity (Wildman–Crippen MR) is 115 cm³/mol. The standard InChI is InChI=1S/C23H25N3O4/c1-15(27)24-18-9-12-20-21(13-18)30-23(25-20)26-22(28)14-29-19-10-7-17(8-11-19)16-5-3-2-4-6-16/h7-13,16H,2-6,14H2,1H3,(H,24,27)(H,25,26,28). The first-order valence-corrected chi connectivity index (χ1v) is 10.3. The van der Waals surface area contributed by atoms with E-state index in [1.807, 2.05) is 12.1 Å². The van der Waals surface area contributed by atoms with Crippen LogP contribution in [-0.4, -0.2) is 23.4 Å². The Balaban J connectivity index is 1.31. The molecule has 156 valence electrons. The highest BCUT2D eigenvalue weighted by molar-refractivity contribution is 5.93. The smallest absolute Gasteiger partial charge is 0.302 e. The first kappa shape index (κ1) is 19.9. The van der Waals surface area contributed by atoms with E-state index in [9.17, 15) is 9.59 Å². The molecule has 0 spiro atoms. The average molecular weight is 407 g/mol. The molecular formula is C23H25N3O4.